The minimum absolute atomic E-state index is 0.0413. The van der Waals surface area contributed by atoms with Crippen LogP contribution in [-0.2, 0) is 36.3 Å². The highest BCUT2D eigenvalue weighted by molar-refractivity contribution is 7.66. The quantitative estimate of drug-likeness (QED) is 0.224. The summed E-state index contributed by atoms with van der Waals surface area (Å²) in [7, 11) is -10.5. The molecule has 5 unspecified atom stereocenters. The maximum Gasteiger partial charge on any atom is 0.490 e. The van der Waals surface area contributed by atoms with Gasteiger partial charge in [0.05, 0.1) is 20.6 Å². The van der Waals surface area contributed by atoms with Crippen LogP contribution in [0.15, 0.2) is 0 Å². The molecule has 0 aromatic carbocycles. The molecule has 4 N–H and O–H groups in total. The number of ether oxygens (including phenoxy) is 2. The first kappa shape index (κ1) is 22.0. The van der Waals surface area contributed by atoms with Crippen molar-refractivity contribution in [3.63, 3.8) is 0 Å². The van der Waals surface area contributed by atoms with Gasteiger partial charge in [-0.25, -0.2) is 13.7 Å². The fourth-order valence-electron chi connectivity index (χ4n) is 1.69. The van der Waals surface area contributed by atoms with Crippen LogP contribution in [-0.4, -0.2) is 59.4 Å². The van der Waals surface area contributed by atoms with Gasteiger partial charge in [-0.05, 0) is 5.82 Å². The van der Waals surface area contributed by atoms with Gasteiger partial charge in [0.25, 0.3) is 0 Å². The number of hydrogen-bond acceptors (Lipinski definition) is 8. The van der Waals surface area contributed by atoms with Crippen LogP contribution in [0.25, 0.3) is 0 Å². The molecule has 0 aromatic heterocycles. The van der Waals surface area contributed by atoms with E-state index in [9.17, 15) is 18.6 Å². The molecule has 1 aliphatic rings. The zero-order valence-electron chi connectivity index (χ0n) is 11.9. The van der Waals surface area contributed by atoms with Gasteiger partial charge in [-0.2, -0.15) is 8.62 Å². The van der Waals surface area contributed by atoms with Crippen molar-refractivity contribution in [1.82, 2.24) is 0 Å². The summed E-state index contributed by atoms with van der Waals surface area (Å²) in [6.45, 7) is -0.709. The lowest BCUT2D eigenvalue weighted by Crippen LogP contribution is -2.31. The smallest absolute Gasteiger partial charge is 0.373 e. The Labute approximate surface area is 138 Å². The molecule has 0 amide bonds. The average Bonchev–Trinajstić information content (AvgIpc) is 2.70. The number of terminal acetylenes is 1. The predicted molar refractivity (Wildman–Crippen MR) is 77.6 cm³/mol. The fraction of sp³-hybridized carbons (Fsp3) is 0.750. The molecule has 5 atom stereocenters. The van der Waals surface area contributed by atoms with E-state index in [1.807, 2.05) is 0 Å². The van der Waals surface area contributed by atoms with Crippen molar-refractivity contribution >= 4 is 31.3 Å². The van der Waals surface area contributed by atoms with Crippen LogP contribution in [0.3, 0.4) is 0 Å². The number of hydrogen-bond donors (Lipinski definition) is 4. The minimum Gasteiger partial charge on any atom is -0.373 e. The molecule has 0 spiro atoms. The highest BCUT2D eigenvalue weighted by atomic mass is 31.3. The Balaban J connectivity index is 2.61. The van der Waals surface area contributed by atoms with E-state index in [4.69, 9.17) is 38.4 Å². The molecule has 1 fully saturated rings. The molecule has 1 rings (SSSR count). The lowest BCUT2D eigenvalue weighted by Gasteiger charge is -2.22. The Morgan fingerprint density at radius 2 is 1.79 bits per heavy atom. The third-order valence-electron chi connectivity index (χ3n) is 2.47. The molecule has 0 saturated carbocycles. The Morgan fingerprint density at radius 3 is 2.33 bits per heavy atom. The van der Waals surface area contributed by atoms with Crippen molar-refractivity contribution in [1.29, 1.82) is 0 Å². The van der Waals surface area contributed by atoms with E-state index >= 15 is 0 Å². The second-order valence-corrected chi connectivity index (χ2v) is 8.82. The minimum atomic E-state index is -5.57. The topological polar surface area (TPSA) is 178 Å². The monoisotopic (exact) mass is 406 g/mol. The van der Waals surface area contributed by atoms with Crippen LogP contribution in [0, 0.1) is 12.3 Å². The first-order chi connectivity index (χ1) is 10.9. The molecule has 136 valence electrons. The van der Waals surface area contributed by atoms with E-state index in [-0.39, 0.29) is 13.2 Å². The lowest BCUT2D eigenvalue weighted by molar-refractivity contribution is -0.0228. The van der Waals surface area contributed by atoms with Crippen molar-refractivity contribution in [2.24, 2.45) is 0 Å². The van der Waals surface area contributed by atoms with E-state index in [1.54, 1.807) is 0 Å². The molecule has 1 heterocycles. The van der Waals surface area contributed by atoms with Gasteiger partial charge in [0.15, 0.2) is 0 Å². The van der Waals surface area contributed by atoms with Crippen molar-refractivity contribution in [3.8, 4) is 12.3 Å². The highest BCUT2D eigenvalue weighted by Gasteiger charge is 2.42. The van der Waals surface area contributed by atoms with E-state index < -0.39 is 48.1 Å². The SMILES string of the molecule is [B]C1COC(COP(=O)(O)OP(=O)(O)OP(=O)(O)O)C1OCC#C. The maximum absolute atomic E-state index is 11.6. The van der Waals surface area contributed by atoms with Crippen LogP contribution >= 0.6 is 23.5 Å². The summed E-state index contributed by atoms with van der Waals surface area (Å²) in [4.78, 5) is 35.1. The Bertz CT molecular complexity index is 612. The molecular weight excluding hydrogens is 392 g/mol. The van der Waals surface area contributed by atoms with Gasteiger partial charge in [-0.3, -0.25) is 4.52 Å². The van der Waals surface area contributed by atoms with Crippen LogP contribution in [0.2, 0.25) is 5.82 Å². The fourth-order valence-corrected chi connectivity index (χ4v) is 4.72. The third kappa shape index (κ3) is 7.89. The largest absolute Gasteiger partial charge is 0.490 e. The standard InChI is InChI=1S/C8H14BO12P3/c1-2-3-17-8-6(9)4-18-7(8)5-19-23(13,14)21-24(15,16)20-22(10,11)12/h1,6-8H,3-5H2,(H,13,14)(H,15,16)(H2,10,11,12). The first-order valence-electron chi connectivity index (χ1n) is 6.06. The van der Waals surface area contributed by atoms with Crippen molar-refractivity contribution in [3.05, 3.63) is 0 Å². The maximum atomic E-state index is 11.6. The molecule has 24 heavy (non-hydrogen) atoms. The highest BCUT2D eigenvalue weighted by Crippen LogP contribution is 2.66. The number of rotatable bonds is 9. The summed E-state index contributed by atoms with van der Waals surface area (Å²) in [6.07, 6.45) is 3.33. The van der Waals surface area contributed by atoms with E-state index in [0.717, 1.165) is 0 Å². The molecule has 16 heteroatoms. The van der Waals surface area contributed by atoms with Gasteiger partial charge in [0, 0.05) is 6.61 Å². The zero-order chi connectivity index (χ0) is 18.6. The molecule has 2 radical (unpaired) electrons. The van der Waals surface area contributed by atoms with Gasteiger partial charge >= 0.3 is 23.5 Å². The van der Waals surface area contributed by atoms with Gasteiger partial charge in [-0.15, -0.1) is 6.42 Å². The Morgan fingerprint density at radius 1 is 1.17 bits per heavy atom. The van der Waals surface area contributed by atoms with Crippen molar-refractivity contribution < 1.29 is 55.9 Å². The number of phosphoric acid groups is 3. The summed E-state index contributed by atoms with van der Waals surface area (Å²) in [5.74, 6) is 1.61. The summed E-state index contributed by atoms with van der Waals surface area (Å²) in [5.41, 5.74) is 0. The molecule has 0 bridgehead atoms. The second-order valence-electron chi connectivity index (χ2n) is 4.40. The molecular formula is C8H14BO12P3. The van der Waals surface area contributed by atoms with Crippen LogP contribution in [0.1, 0.15) is 0 Å². The first-order valence-corrected chi connectivity index (χ1v) is 10.6. The predicted octanol–water partition coefficient (Wildman–Crippen LogP) is -0.296. The summed E-state index contributed by atoms with van der Waals surface area (Å²) < 4.78 is 55.1. The summed E-state index contributed by atoms with van der Waals surface area (Å²) in [6, 6.07) is 0. The summed E-state index contributed by atoms with van der Waals surface area (Å²) >= 11 is 0. The zero-order valence-corrected chi connectivity index (χ0v) is 14.6. The second kappa shape index (κ2) is 8.56. The molecule has 1 saturated heterocycles. The van der Waals surface area contributed by atoms with Crippen molar-refractivity contribution in [2.75, 3.05) is 19.8 Å². The number of phosphoric ester groups is 1. The van der Waals surface area contributed by atoms with Crippen molar-refractivity contribution in [2.45, 2.75) is 18.0 Å². The van der Waals surface area contributed by atoms with Gasteiger partial charge < -0.3 is 29.0 Å². The Hall–Kier alpha value is -0.0451. The van der Waals surface area contributed by atoms with Crippen LogP contribution in [0.4, 0.5) is 0 Å². The molecule has 12 nitrogen and oxygen atoms in total. The van der Waals surface area contributed by atoms with Gasteiger partial charge in [0.1, 0.15) is 12.7 Å². The average molecular weight is 406 g/mol. The molecule has 1 aliphatic heterocycles. The van der Waals surface area contributed by atoms with Crippen LogP contribution in [0.5, 0.6) is 0 Å². The van der Waals surface area contributed by atoms with Gasteiger partial charge in [0.2, 0.25) is 0 Å². The van der Waals surface area contributed by atoms with E-state index in [0.29, 0.717) is 0 Å². The third-order valence-corrected chi connectivity index (χ3v) is 6.27. The molecule has 0 aromatic rings. The van der Waals surface area contributed by atoms with E-state index in [2.05, 4.69) is 19.1 Å². The summed E-state index contributed by atoms with van der Waals surface area (Å²) in [5, 5.41) is 0. The van der Waals surface area contributed by atoms with Crippen LogP contribution < -0.4 is 0 Å². The molecule has 0 aliphatic carbocycles. The van der Waals surface area contributed by atoms with Gasteiger partial charge in [-0.1, -0.05) is 5.92 Å². The Kier molecular flexibility index (Phi) is 7.84. The normalized spacial score (nSPS) is 29.5. The van der Waals surface area contributed by atoms with E-state index in [1.165, 1.54) is 0 Å². The lowest BCUT2D eigenvalue weighted by atomic mass is 9.83.